The Kier molecular flexibility index (Phi) is 5.75. The minimum Gasteiger partial charge on any atom is -0.353 e. The summed E-state index contributed by atoms with van der Waals surface area (Å²) in [4.78, 5) is 14.3. The van der Waals surface area contributed by atoms with Crippen molar-refractivity contribution in [3.63, 3.8) is 0 Å². The van der Waals surface area contributed by atoms with Gasteiger partial charge >= 0.3 is 0 Å². The zero-order valence-corrected chi connectivity index (χ0v) is 20.5. The van der Waals surface area contributed by atoms with E-state index in [0.29, 0.717) is 12.2 Å². The normalized spacial score (nSPS) is 12.6. The standard InChI is InChI=1S/C29H26FN7/c1-37(2)16-25(31)19-9-18(10-21(30)11-19)22-6-3-7-26-23(22)13-27(34-26)28-24-12-20(15-33-29(24)36-35-28)17-5-4-8-32-14-17/h3-15,25,34H,16,31H2,1-2H3,(H,33,35,36). The number of aromatic amines is 2. The van der Waals surface area contributed by atoms with E-state index in [1.807, 2.05) is 67.8 Å². The van der Waals surface area contributed by atoms with Crippen molar-refractivity contribution in [1.29, 1.82) is 0 Å². The van der Waals surface area contributed by atoms with E-state index in [1.165, 1.54) is 6.07 Å². The summed E-state index contributed by atoms with van der Waals surface area (Å²) >= 11 is 0. The molecular formula is C29H26FN7. The first-order chi connectivity index (χ1) is 18.0. The van der Waals surface area contributed by atoms with Gasteiger partial charge in [0.2, 0.25) is 0 Å². The van der Waals surface area contributed by atoms with Gasteiger partial charge in [0.1, 0.15) is 11.5 Å². The van der Waals surface area contributed by atoms with Crippen molar-refractivity contribution >= 4 is 21.9 Å². The number of halogens is 1. The van der Waals surface area contributed by atoms with Crippen molar-refractivity contribution in [1.82, 2.24) is 30.0 Å². The number of pyridine rings is 2. The van der Waals surface area contributed by atoms with Gasteiger partial charge in [-0.1, -0.05) is 18.2 Å². The second-order valence-electron chi connectivity index (χ2n) is 9.53. The highest BCUT2D eigenvalue weighted by atomic mass is 19.1. The lowest BCUT2D eigenvalue weighted by Crippen LogP contribution is -2.26. The zero-order chi connectivity index (χ0) is 25.5. The molecule has 0 spiro atoms. The van der Waals surface area contributed by atoms with Crippen LogP contribution in [0.5, 0.6) is 0 Å². The van der Waals surface area contributed by atoms with Crippen molar-refractivity contribution in [3.05, 3.63) is 90.6 Å². The van der Waals surface area contributed by atoms with E-state index in [0.717, 1.165) is 55.5 Å². The number of likely N-dealkylation sites (N-methyl/N-ethyl adjacent to an activating group) is 1. The van der Waals surface area contributed by atoms with Crippen molar-refractivity contribution in [2.24, 2.45) is 5.73 Å². The first-order valence-corrected chi connectivity index (χ1v) is 12.0. The topological polar surface area (TPSA) is 99.5 Å². The monoisotopic (exact) mass is 491 g/mol. The molecule has 6 aromatic rings. The summed E-state index contributed by atoms with van der Waals surface area (Å²) in [5, 5.41) is 9.47. The fourth-order valence-corrected chi connectivity index (χ4v) is 4.82. The predicted octanol–water partition coefficient (Wildman–Crippen LogP) is 5.54. The van der Waals surface area contributed by atoms with Crippen LogP contribution in [0.25, 0.3) is 55.6 Å². The highest BCUT2D eigenvalue weighted by Gasteiger charge is 2.17. The van der Waals surface area contributed by atoms with Gasteiger partial charge in [-0.05, 0) is 73.3 Å². The highest BCUT2D eigenvalue weighted by molar-refractivity contribution is 6.01. The summed E-state index contributed by atoms with van der Waals surface area (Å²) in [6.07, 6.45) is 5.38. The van der Waals surface area contributed by atoms with Crippen LogP contribution in [0.1, 0.15) is 11.6 Å². The largest absolute Gasteiger partial charge is 0.353 e. The lowest BCUT2D eigenvalue weighted by molar-refractivity contribution is 0.376. The summed E-state index contributed by atoms with van der Waals surface area (Å²) in [5.41, 5.74) is 14.0. The Balaban J connectivity index is 1.45. The average molecular weight is 492 g/mol. The van der Waals surface area contributed by atoms with Crippen molar-refractivity contribution < 1.29 is 4.39 Å². The SMILES string of the molecule is CN(C)CC(N)c1cc(F)cc(-c2cccc3[nH]c(-c4n[nH]c5ncc(-c6cccnc6)cc45)cc23)c1. The van der Waals surface area contributed by atoms with E-state index in [-0.39, 0.29) is 11.9 Å². The number of H-pyrrole nitrogens is 2. The molecule has 0 saturated heterocycles. The highest BCUT2D eigenvalue weighted by Crippen LogP contribution is 2.35. The number of aromatic nitrogens is 5. The first kappa shape index (κ1) is 23.0. The number of fused-ring (bicyclic) bond motifs is 2. The van der Waals surface area contributed by atoms with E-state index < -0.39 is 0 Å². The molecule has 0 radical (unpaired) electrons. The summed E-state index contributed by atoms with van der Waals surface area (Å²) in [7, 11) is 3.91. The Labute approximate surface area is 213 Å². The number of rotatable bonds is 6. The molecule has 4 aromatic heterocycles. The van der Waals surface area contributed by atoms with E-state index in [4.69, 9.17) is 5.73 Å². The maximum atomic E-state index is 14.7. The molecule has 0 amide bonds. The summed E-state index contributed by atoms with van der Waals surface area (Å²) in [5.74, 6) is -0.304. The molecule has 1 unspecified atom stereocenters. The predicted molar refractivity (Wildman–Crippen MR) is 145 cm³/mol. The summed E-state index contributed by atoms with van der Waals surface area (Å²) < 4.78 is 14.7. The van der Waals surface area contributed by atoms with Crippen LogP contribution in [0.4, 0.5) is 4.39 Å². The number of hydrogen-bond donors (Lipinski definition) is 3. The molecule has 184 valence electrons. The van der Waals surface area contributed by atoms with Crippen LogP contribution < -0.4 is 5.73 Å². The Morgan fingerprint density at radius 1 is 0.946 bits per heavy atom. The molecule has 0 aliphatic carbocycles. The molecule has 7 nitrogen and oxygen atoms in total. The zero-order valence-electron chi connectivity index (χ0n) is 20.5. The van der Waals surface area contributed by atoms with Gasteiger partial charge in [-0.2, -0.15) is 5.10 Å². The number of hydrogen-bond acceptors (Lipinski definition) is 5. The quantitative estimate of drug-likeness (QED) is 0.284. The molecule has 2 aromatic carbocycles. The third-order valence-corrected chi connectivity index (χ3v) is 6.55. The minimum atomic E-state index is -0.304. The third kappa shape index (κ3) is 4.37. The second-order valence-corrected chi connectivity index (χ2v) is 9.53. The van der Waals surface area contributed by atoms with Crippen LogP contribution in [0.3, 0.4) is 0 Å². The van der Waals surface area contributed by atoms with Gasteiger partial charge < -0.3 is 15.6 Å². The molecule has 0 saturated carbocycles. The average Bonchev–Trinajstić information content (AvgIpc) is 3.52. The molecular weight excluding hydrogens is 465 g/mol. The van der Waals surface area contributed by atoms with Gasteiger partial charge in [0.15, 0.2) is 5.65 Å². The van der Waals surface area contributed by atoms with Gasteiger partial charge in [0.25, 0.3) is 0 Å². The Morgan fingerprint density at radius 2 is 1.84 bits per heavy atom. The number of nitrogens with zero attached hydrogens (tertiary/aromatic N) is 4. The lowest BCUT2D eigenvalue weighted by atomic mass is 9.97. The van der Waals surface area contributed by atoms with Gasteiger partial charge in [0.05, 0.1) is 5.69 Å². The first-order valence-electron chi connectivity index (χ1n) is 12.0. The lowest BCUT2D eigenvalue weighted by Gasteiger charge is -2.18. The van der Waals surface area contributed by atoms with Gasteiger partial charge in [0, 0.05) is 58.6 Å². The van der Waals surface area contributed by atoms with E-state index in [9.17, 15) is 4.39 Å². The number of benzene rings is 2. The fraction of sp³-hybridized carbons (Fsp3) is 0.138. The Bertz CT molecular complexity index is 1720. The Hall–Kier alpha value is -4.40. The van der Waals surface area contributed by atoms with E-state index in [2.05, 4.69) is 37.3 Å². The maximum Gasteiger partial charge on any atom is 0.155 e. The van der Waals surface area contributed by atoms with E-state index in [1.54, 1.807) is 12.3 Å². The molecule has 0 fully saturated rings. The molecule has 37 heavy (non-hydrogen) atoms. The van der Waals surface area contributed by atoms with E-state index >= 15 is 0 Å². The molecule has 4 heterocycles. The second kappa shape index (κ2) is 9.24. The molecule has 0 aliphatic rings. The molecule has 4 N–H and O–H groups in total. The number of nitrogens with two attached hydrogens (primary N) is 1. The van der Waals surface area contributed by atoms with Crippen LogP contribution in [0.15, 0.2) is 79.3 Å². The van der Waals surface area contributed by atoms with Crippen LogP contribution in [0.2, 0.25) is 0 Å². The minimum absolute atomic E-state index is 0.289. The third-order valence-electron chi connectivity index (χ3n) is 6.55. The maximum absolute atomic E-state index is 14.7. The summed E-state index contributed by atoms with van der Waals surface area (Å²) in [6, 6.07) is 18.8. The van der Waals surface area contributed by atoms with Crippen LogP contribution in [-0.4, -0.2) is 50.7 Å². The molecule has 8 heteroatoms. The fourth-order valence-electron chi connectivity index (χ4n) is 4.82. The van der Waals surface area contributed by atoms with Crippen molar-refractivity contribution in [2.45, 2.75) is 6.04 Å². The van der Waals surface area contributed by atoms with Gasteiger partial charge in [-0.15, -0.1) is 0 Å². The van der Waals surface area contributed by atoms with Crippen LogP contribution in [-0.2, 0) is 0 Å². The van der Waals surface area contributed by atoms with Gasteiger partial charge in [-0.3, -0.25) is 10.1 Å². The van der Waals surface area contributed by atoms with Crippen LogP contribution >= 0.6 is 0 Å². The molecule has 1 atom stereocenters. The molecule has 0 bridgehead atoms. The molecule has 0 aliphatic heterocycles. The Morgan fingerprint density at radius 3 is 2.65 bits per heavy atom. The smallest absolute Gasteiger partial charge is 0.155 e. The summed E-state index contributed by atoms with van der Waals surface area (Å²) in [6.45, 7) is 0.628. The van der Waals surface area contributed by atoms with Crippen molar-refractivity contribution in [2.75, 3.05) is 20.6 Å². The molecule has 6 rings (SSSR count). The van der Waals surface area contributed by atoms with Crippen molar-refractivity contribution in [3.8, 4) is 33.6 Å². The van der Waals surface area contributed by atoms with Gasteiger partial charge in [-0.25, -0.2) is 9.37 Å². The van der Waals surface area contributed by atoms with Crippen LogP contribution in [0, 0.1) is 5.82 Å². The number of nitrogens with one attached hydrogen (secondary N) is 2.